The van der Waals surface area contributed by atoms with Crippen LogP contribution >= 0.6 is 0 Å². The van der Waals surface area contributed by atoms with E-state index in [4.69, 9.17) is 15.0 Å². The van der Waals surface area contributed by atoms with Gasteiger partial charge < -0.3 is 0 Å². The predicted octanol–water partition coefficient (Wildman–Crippen LogP) is 11.7. The number of rotatable bonds is 5. The minimum absolute atomic E-state index is 0.700. The van der Waals surface area contributed by atoms with Crippen LogP contribution in [0.4, 0.5) is 0 Å². The fourth-order valence-corrected chi connectivity index (χ4v) is 6.69. The van der Waals surface area contributed by atoms with E-state index in [9.17, 15) is 0 Å². The van der Waals surface area contributed by atoms with Gasteiger partial charge in [0.2, 0.25) is 0 Å². The van der Waals surface area contributed by atoms with Crippen molar-refractivity contribution in [1.29, 1.82) is 0 Å². The third-order valence-electron chi connectivity index (χ3n) is 9.07. The van der Waals surface area contributed by atoms with Gasteiger partial charge in [-0.3, -0.25) is 0 Å². The molecule has 7 aromatic carbocycles. The van der Waals surface area contributed by atoms with Gasteiger partial charge in [0.25, 0.3) is 0 Å². The molecule has 0 saturated heterocycles. The molecule has 0 bridgehead atoms. The lowest BCUT2D eigenvalue weighted by molar-refractivity contribution is 1.18. The molecule has 48 heavy (non-hydrogen) atoms. The molecule has 0 aliphatic heterocycles. The molecule has 2 aromatic heterocycles. The van der Waals surface area contributed by atoms with E-state index in [-0.39, 0.29) is 0 Å². The van der Waals surface area contributed by atoms with E-state index in [2.05, 4.69) is 152 Å². The van der Waals surface area contributed by atoms with E-state index in [0.717, 1.165) is 55.8 Å². The van der Waals surface area contributed by atoms with Gasteiger partial charge in [-0.25, -0.2) is 15.0 Å². The lowest BCUT2D eigenvalue weighted by Crippen LogP contribution is -1.96. The summed E-state index contributed by atoms with van der Waals surface area (Å²) >= 11 is 0. The minimum atomic E-state index is 0.700. The van der Waals surface area contributed by atoms with Gasteiger partial charge in [-0.2, -0.15) is 0 Å². The van der Waals surface area contributed by atoms with Crippen molar-refractivity contribution in [2.75, 3.05) is 0 Å². The molecule has 0 N–H and O–H groups in total. The van der Waals surface area contributed by atoms with Gasteiger partial charge in [0, 0.05) is 38.4 Å². The van der Waals surface area contributed by atoms with Gasteiger partial charge in [0.1, 0.15) is 0 Å². The summed E-state index contributed by atoms with van der Waals surface area (Å²) in [6, 6.07) is 61.4. The summed E-state index contributed by atoms with van der Waals surface area (Å²) in [5.41, 5.74) is 10.2. The lowest BCUT2D eigenvalue weighted by Gasteiger charge is -2.13. The fourth-order valence-electron chi connectivity index (χ4n) is 6.69. The summed E-state index contributed by atoms with van der Waals surface area (Å²) in [5.74, 6) is 0.700. The van der Waals surface area contributed by atoms with Gasteiger partial charge in [-0.1, -0.05) is 158 Å². The first-order valence-electron chi connectivity index (χ1n) is 16.2. The number of aromatic nitrogens is 3. The van der Waals surface area contributed by atoms with E-state index >= 15 is 0 Å². The zero-order valence-corrected chi connectivity index (χ0v) is 26.1. The molecule has 9 rings (SSSR count). The highest BCUT2D eigenvalue weighted by Crippen LogP contribution is 2.38. The van der Waals surface area contributed by atoms with E-state index < -0.39 is 0 Å². The molecule has 9 aromatic rings. The topological polar surface area (TPSA) is 38.7 Å². The third kappa shape index (κ3) is 4.99. The summed E-state index contributed by atoms with van der Waals surface area (Å²) in [4.78, 5) is 15.3. The van der Waals surface area contributed by atoms with E-state index in [0.29, 0.717) is 5.82 Å². The Morgan fingerprint density at radius 1 is 0.312 bits per heavy atom. The molecule has 0 saturated carbocycles. The molecule has 0 unspecified atom stereocenters. The van der Waals surface area contributed by atoms with Crippen LogP contribution in [0.15, 0.2) is 176 Å². The highest BCUT2D eigenvalue weighted by Gasteiger charge is 2.15. The largest absolute Gasteiger partial charge is 0.247 e. The van der Waals surface area contributed by atoms with Gasteiger partial charge in [0.15, 0.2) is 5.82 Å². The zero-order valence-electron chi connectivity index (χ0n) is 26.1. The Balaban J connectivity index is 1.18. The Kier molecular flexibility index (Phi) is 6.80. The first-order valence-corrected chi connectivity index (χ1v) is 16.2. The van der Waals surface area contributed by atoms with Gasteiger partial charge in [-0.05, 0) is 40.1 Å². The van der Waals surface area contributed by atoms with Gasteiger partial charge >= 0.3 is 0 Å². The molecule has 0 atom stereocenters. The van der Waals surface area contributed by atoms with Crippen molar-refractivity contribution in [2.24, 2.45) is 0 Å². The number of nitrogens with zero attached hydrogens (tertiary/aromatic N) is 3. The second kappa shape index (κ2) is 11.7. The molecule has 0 aliphatic rings. The van der Waals surface area contributed by atoms with Gasteiger partial charge in [-0.15, -0.1) is 0 Å². The maximum Gasteiger partial charge on any atom is 0.160 e. The van der Waals surface area contributed by atoms with Crippen LogP contribution in [0.2, 0.25) is 0 Å². The van der Waals surface area contributed by atoms with Gasteiger partial charge in [0.05, 0.1) is 22.6 Å². The standard InChI is InChI=1S/C45H29N3/c1-3-12-30(13-4-1)35-17-11-18-36(28-35)42-29-41(47-45(48-42)34-15-5-2-6-16-34)32-22-24-33(25-23-32)44-39-27-26-31-14-7-8-19-37(31)43(39)38-20-9-10-21-40(38)46-44/h1-29H. The van der Waals surface area contributed by atoms with Crippen LogP contribution in [0.1, 0.15) is 0 Å². The maximum atomic E-state index is 5.20. The fraction of sp³-hybridized carbons (Fsp3) is 0. The van der Waals surface area contributed by atoms with E-state index in [1.54, 1.807) is 0 Å². The van der Waals surface area contributed by atoms with Crippen molar-refractivity contribution in [3.8, 4) is 56.3 Å². The van der Waals surface area contributed by atoms with Crippen molar-refractivity contribution in [3.63, 3.8) is 0 Å². The smallest absolute Gasteiger partial charge is 0.160 e. The Bertz CT molecular complexity index is 2580. The molecule has 3 nitrogen and oxygen atoms in total. The Morgan fingerprint density at radius 2 is 0.917 bits per heavy atom. The Labute approximate surface area is 278 Å². The zero-order chi connectivity index (χ0) is 31.9. The average Bonchev–Trinajstić information content (AvgIpc) is 3.18. The van der Waals surface area contributed by atoms with E-state index in [1.807, 2.05) is 24.3 Å². The number of hydrogen-bond acceptors (Lipinski definition) is 3. The molecule has 0 aliphatic carbocycles. The molecule has 2 heterocycles. The molecular formula is C45H29N3. The van der Waals surface area contributed by atoms with Crippen molar-refractivity contribution < 1.29 is 0 Å². The van der Waals surface area contributed by atoms with Crippen LogP contribution in [0.25, 0.3) is 88.7 Å². The monoisotopic (exact) mass is 611 g/mol. The molecule has 0 amide bonds. The summed E-state index contributed by atoms with van der Waals surface area (Å²) in [7, 11) is 0. The van der Waals surface area contributed by atoms with Crippen molar-refractivity contribution in [3.05, 3.63) is 176 Å². The summed E-state index contributed by atoms with van der Waals surface area (Å²) < 4.78 is 0. The highest BCUT2D eigenvalue weighted by molar-refractivity contribution is 6.22. The highest BCUT2D eigenvalue weighted by atomic mass is 14.9. The second-order valence-corrected chi connectivity index (χ2v) is 12.0. The van der Waals surface area contributed by atoms with Crippen LogP contribution in [0.5, 0.6) is 0 Å². The number of pyridine rings is 1. The Morgan fingerprint density at radius 3 is 1.71 bits per heavy atom. The molecular weight excluding hydrogens is 583 g/mol. The molecule has 0 radical (unpaired) electrons. The maximum absolute atomic E-state index is 5.20. The van der Waals surface area contributed by atoms with Crippen LogP contribution in [0.3, 0.4) is 0 Å². The quantitative estimate of drug-likeness (QED) is 0.182. The van der Waals surface area contributed by atoms with Crippen LogP contribution in [-0.4, -0.2) is 15.0 Å². The molecule has 0 fully saturated rings. The number of hydrogen-bond donors (Lipinski definition) is 0. The number of fused-ring (bicyclic) bond motifs is 5. The van der Waals surface area contributed by atoms with Crippen molar-refractivity contribution in [1.82, 2.24) is 15.0 Å². The van der Waals surface area contributed by atoms with Crippen molar-refractivity contribution in [2.45, 2.75) is 0 Å². The first kappa shape index (κ1) is 27.8. The van der Waals surface area contributed by atoms with Crippen LogP contribution in [0, 0.1) is 0 Å². The SMILES string of the molecule is c1ccc(-c2cccc(-c3cc(-c4ccc(-c5nc6ccccc6c6c5ccc5ccccc56)cc4)nc(-c4ccccc4)n3)c2)cc1. The molecule has 3 heteroatoms. The van der Waals surface area contributed by atoms with Crippen molar-refractivity contribution >= 4 is 32.4 Å². The summed E-state index contributed by atoms with van der Waals surface area (Å²) in [5, 5.41) is 6.02. The normalized spacial score (nSPS) is 11.3. The molecule has 224 valence electrons. The lowest BCUT2D eigenvalue weighted by atomic mass is 9.95. The summed E-state index contributed by atoms with van der Waals surface area (Å²) in [6.07, 6.45) is 0. The third-order valence-corrected chi connectivity index (χ3v) is 9.07. The predicted molar refractivity (Wildman–Crippen MR) is 200 cm³/mol. The minimum Gasteiger partial charge on any atom is -0.247 e. The molecule has 0 spiro atoms. The summed E-state index contributed by atoms with van der Waals surface area (Å²) in [6.45, 7) is 0. The average molecular weight is 612 g/mol. The number of para-hydroxylation sites is 1. The first-order chi connectivity index (χ1) is 23.8. The number of benzene rings is 7. The van der Waals surface area contributed by atoms with Crippen LogP contribution < -0.4 is 0 Å². The van der Waals surface area contributed by atoms with E-state index in [1.165, 1.54) is 27.1 Å². The van der Waals surface area contributed by atoms with Crippen LogP contribution in [-0.2, 0) is 0 Å². The second-order valence-electron chi connectivity index (χ2n) is 12.0. The Hall–Kier alpha value is -6.45.